The van der Waals surface area contributed by atoms with Crippen molar-refractivity contribution < 1.29 is 9.18 Å². The van der Waals surface area contributed by atoms with Gasteiger partial charge in [0.15, 0.2) is 5.13 Å². The third kappa shape index (κ3) is 2.82. The van der Waals surface area contributed by atoms with Crippen LogP contribution in [0.3, 0.4) is 0 Å². The van der Waals surface area contributed by atoms with Gasteiger partial charge in [0.25, 0.3) is 5.91 Å². The van der Waals surface area contributed by atoms with Crippen molar-refractivity contribution in [1.29, 1.82) is 0 Å². The molecule has 21 heavy (non-hydrogen) atoms. The first-order valence-corrected chi connectivity index (χ1v) is 7.52. The Balaban J connectivity index is 1.69. The first-order valence-electron chi connectivity index (χ1n) is 6.64. The van der Waals surface area contributed by atoms with Crippen LogP contribution in [0.4, 0.5) is 15.2 Å². The summed E-state index contributed by atoms with van der Waals surface area (Å²) in [5.74, 6) is -0.667. The fraction of sp³-hybridized carbons (Fsp3) is 0.286. The van der Waals surface area contributed by atoms with Crippen LogP contribution in [0.2, 0.25) is 0 Å². The number of benzene rings is 1. The Hall–Kier alpha value is -2.15. The molecular weight excluding hydrogens is 291 g/mol. The fourth-order valence-corrected chi connectivity index (χ4v) is 3.05. The van der Waals surface area contributed by atoms with Crippen molar-refractivity contribution in [3.05, 3.63) is 41.2 Å². The number of hydrogen-bond donors (Lipinski definition) is 1. The number of aromatic nitrogens is 1. The minimum absolute atomic E-state index is 0.217. The van der Waals surface area contributed by atoms with Crippen molar-refractivity contribution >= 4 is 28.1 Å². The average Bonchev–Trinajstić information content (AvgIpc) is 3.03. The van der Waals surface area contributed by atoms with Gasteiger partial charge in [-0.3, -0.25) is 4.79 Å². The van der Waals surface area contributed by atoms with E-state index in [1.165, 1.54) is 18.2 Å². The minimum Gasteiger partial charge on any atom is -0.398 e. The number of anilines is 2. The first kappa shape index (κ1) is 13.8. The Kier molecular flexibility index (Phi) is 3.74. The molecule has 7 heteroatoms. The lowest BCUT2D eigenvalue weighted by Gasteiger charge is -2.34. The smallest absolute Gasteiger partial charge is 0.256 e. The summed E-state index contributed by atoms with van der Waals surface area (Å²) in [4.78, 5) is 20.5. The highest BCUT2D eigenvalue weighted by molar-refractivity contribution is 7.13. The largest absolute Gasteiger partial charge is 0.398 e. The van der Waals surface area contributed by atoms with Crippen LogP contribution < -0.4 is 10.6 Å². The summed E-state index contributed by atoms with van der Waals surface area (Å²) in [7, 11) is 0. The summed E-state index contributed by atoms with van der Waals surface area (Å²) in [6, 6.07) is 3.88. The maximum atomic E-state index is 13.3. The zero-order valence-electron chi connectivity index (χ0n) is 11.3. The van der Waals surface area contributed by atoms with Crippen LogP contribution in [-0.2, 0) is 0 Å². The number of amides is 1. The molecule has 0 saturated carbocycles. The van der Waals surface area contributed by atoms with E-state index < -0.39 is 5.82 Å². The van der Waals surface area contributed by atoms with Crippen LogP contribution in [0, 0.1) is 5.82 Å². The number of carbonyl (C=O) groups is 1. The number of rotatable bonds is 2. The molecule has 2 aromatic rings. The van der Waals surface area contributed by atoms with Crippen molar-refractivity contribution in [2.24, 2.45) is 0 Å². The second-order valence-corrected chi connectivity index (χ2v) is 5.70. The Morgan fingerprint density at radius 1 is 1.29 bits per heavy atom. The molecule has 1 saturated heterocycles. The van der Waals surface area contributed by atoms with Crippen molar-refractivity contribution in [2.75, 3.05) is 36.8 Å². The van der Waals surface area contributed by atoms with Gasteiger partial charge in [-0.15, -0.1) is 11.3 Å². The quantitative estimate of drug-likeness (QED) is 0.860. The van der Waals surface area contributed by atoms with Gasteiger partial charge in [-0.1, -0.05) is 0 Å². The van der Waals surface area contributed by atoms with Gasteiger partial charge in [0.2, 0.25) is 0 Å². The lowest BCUT2D eigenvalue weighted by Crippen LogP contribution is -2.48. The molecule has 1 aliphatic heterocycles. The molecule has 0 aliphatic carbocycles. The van der Waals surface area contributed by atoms with Gasteiger partial charge in [-0.2, -0.15) is 0 Å². The SMILES string of the molecule is Nc1ccc(F)cc1C(=O)N1CCN(c2nccs2)CC1. The fourth-order valence-electron chi connectivity index (χ4n) is 2.36. The van der Waals surface area contributed by atoms with Gasteiger partial charge in [0.05, 0.1) is 5.56 Å². The van der Waals surface area contributed by atoms with Gasteiger partial charge in [0.1, 0.15) is 5.82 Å². The van der Waals surface area contributed by atoms with Crippen molar-refractivity contribution in [1.82, 2.24) is 9.88 Å². The lowest BCUT2D eigenvalue weighted by molar-refractivity contribution is 0.0747. The number of nitrogens with two attached hydrogens (primary N) is 1. The minimum atomic E-state index is -0.450. The third-order valence-electron chi connectivity index (χ3n) is 3.50. The van der Waals surface area contributed by atoms with Crippen LogP contribution in [0.1, 0.15) is 10.4 Å². The molecule has 0 bridgehead atoms. The summed E-state index contributed by atoms with van der Waals surface area (Å²) < 4.78 is 13.3. The second kappa shape index (κ2) is 5.69. The number of thiazole rings is 1. The molecule has 3 rings (SSSR count). The van der Waals surface area contributed by atoms with Crippen LogP contribution >= 0.6 is 11.3 Å². The van der Waals surface area contributed by atoms with Gasteiger partial charge < -0.3 is 15.5 Å². The second-order valence-electron chi connectivity index (χ2n) is 4.83. The molecule has 0 radical (unpaired) electrons. The topological polar surface area (TPSA) is 62.5 Å². The summed E-state index contributed by atoms with van der Waals surface area (Å²) in [5, 5.41) is 2.90. The Bertz CT molecular complexity index is 638. The summed E-state index contributed by atoms with van der Waals surface area (Å²) in [5.41, 5.74) is 6.31. The Labute approximate surface area is 125 Å². The van der Waals surface area contributed by atoms with E-state index in [-0.39, 0.29) is 11.5 Å². The number of piperazine rings is 1. The normalized spacial score (nSPS) is 15.3. The van der Waals surface area contributed by atoms with E-state index in [1.54, 1.807) is 22.4 Å². The molecule has 0 unspecified atom stereocenters. The monoisotopic (exact) mass is 306 g/mol. The maximum Gasteiger partial charge on any atom is 0.256 e. The molecular formula is C14H15FN4OS. The molecule has 1 aliphatic rings. The van der Waals surface area contributed by atoms with E-state index in [2.05, 4.69) is 9.88 Å². The predicted molar refractivity (Wildman–Crippen MR) is 81.0 cm³/mol. The summed E-state index contributed by atoms with van der Waals surface area (Å²) >= 11 is 1.58. The van der Waals surface area contributed by atoms with Crippen molar-refractivity contribution in [3.63, 3.8) is 0 Å². The molecule has 1 amide bonds. The van der Waals surface area contributed by atoms with E-state index >= 15 is 0 Å². The molecule has 5 nitrogen and oxygen atoms in total. The van der Waals surface area contributed by atoms with E-state index in [9.17, 15) is 9.18 Å². The molecule has 0 atom stereocenters. The predicted octanol–water partition coefficient (Wildman–Crippen LogP) is 1.83. The highest BCUT2D eigenvalue weighted by Gasteiger charge is 2.24. The molecule has 1 fully saturated rings. The lowest BCUT2D eigenvalue weighted by atomic mass is 10.1. The number of carbonyl (C=O) groups excluding carboxylic acids is 1. The highest BCUT2D eigenvalue weighted by atomic mass is 32.1. The van der Waals surface area contributed by atoms with Crippen LogP contribution in [-0.4, -0.2) is 42.0 Å². The van der Waals surface area contributed by atoms with E-state index in [0.717, 1.165) is 5.13 Å². The number of hydrogen-bond acceptors (Lipinski definition) is 5. The number of nitrogens with zero attached hydrogens (tertiary/aromatic N) is 3. The number of halogens is 1. The molecule has 0 spiro atoms. The first-order chi connectivity index (χ1) is 10.1. The van der Waals surface area contributed by atoms with Crippen LogP contribution in [0.25, 0.3) is 0 Å². The third-order valence-corrected chi connectivity index (χ3v) is 4.33. The van der Waals surface area contributed by atoms with Gasteiger partial charge in [-0.25, -0.2) is 9.37 Å². The van der Waals surface area contributed by atoms with E-state index in [0.29, 0.717) is 31.9 Å². The Morgan fingerprint density at radius 2 is 2.05 bits per heavy atom. The van der Waals surface area contributed by atoms with Crippen molar-refractivity contribution in [2.45, 2.75) is 0 Å². The standard InChI is InChI=1S/C14H15FN4OS/c15-10-1-2-12(16)11(9-10)13(20)18-4-6-19(7-5-18)14-17-3-8-21-14/h1-3,8-9H,4-7,16H2. The maximum absolute atomic E-state index is 13.3. The zero-order valence-corrected chi connectivity index (χ0v) is 12.1. The highest BCUT2D eigenvalue weighted by Crippen LogP contribution is 2.21. The average molecular weight is 306 g/mol. The van der Waals surface area contributed by atoms with Gasteiger partial charge in [0, 0.05) is 43.4 Å². The van der Waals surface area contributed by atoms with Crippen molar-refractivity contribution in [3.8, 4) is 0 Å². The van der Waals surface area contributed by atoms with Gasteiger partial charge in [-0.05, 0) is 18.2 Å². The van der Waals surface area contributed by atoms with Crippen LogP contribution in [0.5, 0.6) is 0 Å². The molecule has 1 aromatic heterocycles. The van der Waals surface area contributed by atoms with Gasteiger partial charge >= 0.3 is 0 Å². The molecule has 1 aromatic carbocycles. The summed E-state index contributed by atoms with van der Waals surface area (Å²) in [6.07, 6.45) is 1.77. The Morgan fingerprint density at radius 3 is 2.71 bits per heavy atom. The van der Waals surface area contributed by atoms with E-state index in [1.807, 2.05) is 5.38 Å². The van der Waals surface area contributed by atoms with E-state index in [4.69, 9.17) is 5.73 Å². The number of nitrogen functional groups attached to an aromatic ring is 1. The summed E-state index contributed by atoms with van der Waals surface area (Å²) in [6.45, 7) is 2.59. The zero-order chi connectivity index (χ0) is 14.8. The van der Waals surface area contributed by atoms with Crippen LogP contribution in [0.15, 0.2) is 29.8 Å². The molecule has 2 N–H and O–H groups in total. The molecule has 110 valence electrons. The molecule has 2 heterocycles.